The molecule has 0 radical (unpaired) electrons. The Labute approximate surface area is 129 Å². The Morgan fingerprint density at radius 3 is 2.60 bits per heavy atom. The number of benzene rings is 1. The van der Waals surface area contributed by atoms with E-state index in [1.54, 1.807) is 0 Å². The van der Waals surface area contributed by atoms with E-state index in [0.717, 1.165) is 0 Å². The predicted molar refractivity (Wildman–Crippen MR) is 78.5 cm³/mol. The van der Waals surface area contributed by atoms with Crippen LogP contribution < -0.4 is 9.88 Å². The summed E-state index contributed by atoms with van der Waals surface area (Å²) in [5, 5.41) is 16.0. The molecule has 0 unspecified atom stereocenters. The van der Waals surface area contributed by atoms with Crippen LogP contribution in [-0.2, 0) is 10.0 Å². The molecule has 10 heteroatoms. The van der Waals surface area contributed by atoms with Gasteiger partial charge >= 0.3 is 5.69 Å². The number of nitro groups is 1. The van der Waals surface area contributed by atoms with E-state index in [2.05, 4.69) is 15.9 Å². The number of rotatable bonds is 7. The van der Waals surface area contributed by atoms with E-state index in [9.17, 15) is 18.5 Å². The third kappa shape index (κ3) is 5.61. The Bertz CT molecular complexity index is 608. The van der Waals surface area contributed by atoms with Crippen molar-refractivity contribution in [1.82, 2.24) is 0 Å². The zero-order valence-electron chi connectivity index (χ0n) is 10.2. The highest BCUT2D eigenvalue weighted by atomic mass is 79.9. The fourth-order valence-electron chi connectivity index (χ4n) is 1.40. The van der Waals surface area contributed by atoms with Crippen molar-refractivity contribution in [3.05, 3.63) is 31.7 Å². The zero-order valence-corrected chi connectivity index (χ0v) is 13.4. The molecule has 2 N–H and O–H groups in total. The number of sulfonamides is 1. The summed E-state index contributed by atoms with van der Waals surface area (Å²) in [6, 6.07) is 2.67. The second-order valence-electron chi connectivity index (χ2n) is 3.92. The Hall–Kier alpha value is -0.900. The van der Waals surface area contributed by atoms with Crippen molar-refractivity contribution in [2.45, 2.75) is 12.8 Å². The van der Waals surface area contributed by atoms with E-state index in [4.69, 9.17) is 21.5 Å². The number of hydrogen-bond donors (Lipinski definition) is 1. The Kier molecular flexibility index (Phi) is 6.18. The van der Waals surface area contributed by atoms with Gasteiger partial charge in [-0.05, 0) is 34.8 Å². The van der Waals surface area contributed by atoms with Gasteiger partial charge in [-0.15, -0.1) is 0 Å². The fraction of sp³-hybridized carbons (Fsp3) is 0.400. The lowest BCUT2D eigenvalue weighted by Gasteiger charge is -2.09. The third-order valence-electron chi connectivity index (χ3n) is 2.26. The molecule has 0 saturated heterocycles. The van der Waals surface area contributed by atoms with E-state index in [1.165, 1.54) is 12.1 Å². The van der Waals surface area contributed by atoms with E-state index in [0.29, 0.717) is 17.3 Å². The van der Waals surface area contributed by atoms with Crippen LogP contribution in [0.25, 0.3) is 0 Å². The summed E-state index contributed by atoms with van der Waals surface area (Å²) in [7, 11) is -3.50. The molecule has 0 aliphatic rings. The van der Waals surface area contributed by atoms with Gasteiger partial charge in [0, 0.05) is 11.1 Å². The molecule has 1 aromatic rings. The largest absolute Gasteiger partial charge is 0.486 e. The number of nitro benzene ring substituents is 1. The Balaban J connectivity index is 2.66. The molecule has 0 atom stereocenters. The van der Waals surface area contributed by atoms with Crippen molar-refractivity contribution in [3.8, 4) is 5.75 Å². The molecule has 0 aliphatic heterocycles. The summed E-state index contributed by atoms with van der Waals surface area (Å²) < 4.78 is 27.1. The average molecular weight is 388 g/mol. The molecule has 1 rings (SSSR count). The molecular formula is C10H12BrClN2O5S. The van der Waals surface area contributed by atoms with E-state index >= 15 is 0 Å². The standard InChI is InChI=1S/C10H12BrClN2O5S/c11-8-5-7(12)6-9(14(15)16)10(8)19-3-1-2-4-20(13,17)18/h5-6H,1-4H2,(H2,13,17,18). The number of nitrogens with two attached hydrogens (primary N) is 1. The molecule has 0 saturated carbocycles. The van der Waals surface area contributed by atoms with Crippen LogP contribution in [0.15, 0.2) is 16.6 Å². The monoisotopic (exact) mass is 386 g/mol. The number of ether oxygens (including phenoxy) is 1. The molecule has 1 aromatic carbocycles. The van der Waals surface area contributed by atoms with Crippen LogP contribution in [0, 0.1) is 10.1 Å². The Morgan fingerprint density at radius 1 is 1.40 bits per heavy atom. The maximum absolute atomic E-state index is 10.9. The SMILES string of the molecule is NS(=O)(=O)CCCCOc1c(Br)cc(Cl)cc1[N+](=O)[O-]. The van der Waals surface area contributed by atoms with Gasteiger partial charge in [0.05, 0.1) is 21.8 Å². The van der Waals surface area contributed by atoms with E-state index in [1.807, 2.05) is 0 Å². The van der Waals surface area contributed by atoms with Crippen LogP contribution in [0.4, 0.5) is 5.69 Å². The van der Waals surface area contributed by atoms with Gasteiger partial charge in [-0.2, -0.15) is 0 Å². The van der Waals surface area contributed by atoms with E-state index in [-0.39, 0.29) is 28.8 Å². The van der Waals surface area contributed by atoms with Gasteiger partial charge < -0.3 is 4.74 Å². The highest BCUT2D eigenvalue weighted by Gasteiger charge is 2.19. The van der Waals surface area contributed by atoms with Crippen LogP contribution in [0.1, 0.15) is 12.8 Å². The highest BCUT2D eigenvalue weighted by Crippen LogP contribution is 2.37. The number of halogens is 2. The number of hydrogen-bond acceptors (Lipinski definition) is 5. The van der Waals surface area contributed by atoms with Gasteiger partial charge in [-0.3, -0.25) is 10.1 Å². The maximum atomic E-state index is 10.9. The number of nitrogens with zero attached hydrogens (tertiary/aromatic N) is 1. The first-order valence-corrected chi connectivity index (χ1v) is 8.36. The second-order valence-corrected chi connectivity index (χ2v) is 6.94. The quantitative estimate of drug-likeness (QED) is 0.438. The predicted octanol–water partition coefficient (Wildman–Crippen LogP) is 2.46. The van der Waals surface area contributed by atoms with Crippen molar-refractivity contribution in [1.29, 1.82) is 0 Å². The molecule has 0 bridgehead atoms. The molecule has 0 aliphatic carbocycles. The summed E-state index contributed by atoms with van der Waals surface area (Å²) >= 11 is 8.87. The Morgan fingerprint density at radius 2 is 2.05 bits per heavy atom. The average Bonchev–Trinajstić information content (AvgIpc) is 2.28. The topological polar surface area (TPSA) is 113 Å². The van der Waals surface area contributed by atoms with Crippen LogP contribution in [-0.4, -0.2) is 25.7 Å². The normalized spacial score (nSPS) is 11.3. The third-order valence-corrected chi connectivity index (χ3v) is 3.92. The van der Waals surface area contributed by atoms with Gasteiger partial charge in [0.25, 0.3) is 0 Å². The van der Waals surface area contributed by atoms with Gasteiger partial charge in [-0.25, -0.2) is 13.6 Å². The molecule has 112 valence electrons. The minimum atomic E-state index is -3.50. The van der Waals surface area contributed by atoms with Crippen molar-refractivity contribution < 1.29 is 18.1 Å². The molecule has 0 heterocycles. The lowest BCUT2D eigenvalue weighted by molar-refractivity contribution is -0.385. The molecule has 20 heavy (non-hydrogen) atoms. The van der Waals surface area contributed by atoms with E-state index < -0.39 is 14.9 Å². The molecule has 0 aromatic heterocycles. The van der Waals surface area contributed by atoms with Crippen LogP contribution in [0.5, 0.6) is 5.75 Å². The van der Waals surface area contributed by atoms with Crippen molar-refractivity contribution in [2.24, 2.45) is 5.14 Å². The molecule has 0 amide bonds. The minimum absolute atomic E-state index is 0.0648. The summed E-state index contributed by atoms with van der Waals surface area (Å²) in [5.74, 6) is -0.0877. The number of unbranched alkanes of at least 4 members (excludes halogenated alkanes) is 1. The van der Waals surface area contributed by atoms with Crippen molar-refractivity contribution >= 4 is 43.2 Å². The van der Waals surface area contributed by atoms with Gasteiger partial charge in [0.1, 0.15) is 0 Å². The molecular weight excluding hydrogens is 376 g/mol. The second kappa shape index (κ2) is 7.21. The van der Waals surface area contributed by atoms with Crippen LogP contribution in [0.2, 0.25) is 5.02 Å². The van der Waals surface area contributed by atoms with Gasteiger partial charge in [0.15, 0.2) is 0 Å². The van der Waals surface area contributed by atoms with Crippen LogP contribution in [0.3, 0.4) is 0 Å². The molecule has 7 nitrogen and oxygen atoms in total. The smallest absolute Gasteiger partial charge is 0.313 e. The lowest BCUT2D eigenvalue weighted by Crippen LogP contribution is -2.16. The molecule has 0 spiro atoms. The maximum Gasteiger partial charge on any atom is 0.313 e. The first-order chi connectivity index (χ1) is 9.20. The summed E-state index contributed by atoms with van der Waals surface area (Å²) in [5.41, 5.74) is -0.254. The van der Waals surface area contributed by atoms with Crippen LogP contribution >= 0.6 is 27.5 Å². The summed E-state index contributed by atoms with van der Waals surface area (Å²) in [4.78, 5) is 10.3. The highest BCUT2D eigenvalue weighted by molar-refractivity contribution is 9.10. The number of primary sulfonamides is 1. The minimum Gasteiger partial charge on any atom is -0.486 e. The first kappa shape index (κ1) is 17.2. The lowest BCUT2D eigenvalue weighted by atomic mass is 10.3. The first-order valence-electron chi connectivity index (χ1n) is 5.47. The van der Waals surface area contributed by atoms with Crippen molar-refractivity contribution in [2.75, 3.05) is 12.4 Å². The van der Waals surface area contributed by atoms with Gasteiger partial charge in [0.2, 0.25) is 15.8 Å². The molecule has 0 fully saturated rings. The summed E-state index contributed by atoms with van der Waals surface area (Å²) in [6.07, 6.45) is 0.723. The summed E-state index contributed by atoms with van der Waals surface area (Å²) in [6.45, 7) is 0.136. The van der Waals surface area contributed by atoms with Gasteiger partial charge in [-0.1, -0.05) is 11.6 Å². The fourth-order valence-corrected chi connectivity index (χ4v) is 2.92. The zero-order chi connectivity index (χ0) is 15.3. The van der Waals surface area contributed by atoms with Crippen molar-refractivity contribution in [3.63, 3.8) is 0 Å².